The zero-order valence-corrected chi connectivity index (χ0v) is 23.3. The number of carbonyl (C=O) groups is 3. The molecule has 12 nitrogen and oxygen atoms in total. The molecule has 0 aliphatic carbocycles. The Morgan fingerprint density at radius 3 is 1.73 bits per heavy atom. The van der Waals surface area contributed by atoms with Crippen LogP contribution in [0.25, 0.3) is 0 Å². The Bertz CT molecular complexity index is 1130. The van der Waals surface area contributed by atoms with Crippen LogP contribution in [0.3, 0.4) is 0 Å². The molecule has 3 rings (SSSR count). The van der Waals surface area contributed by atoms with Crippen molar-refractivity contribution < 1.29 is 69.2 Å². The van der Waals surface area contributed by atoms with Crippen molar-refractivity contribution >= 4 is 17.9 Å². The van der Waals surface area contributed by atoms with Gasteiger partial charge < -0.3 is 19.9 Å². The molecular formula is C23H29F9N6O6. The van der Waals surface area contributed by atoms with E-state index >= 15 is 0 Å². The third-order valence-corrected chi connectivity index (χ3v) is 5.32. The van der Waals surface area contributed by atoms with E-state index in [-0.39, 0.29) is 0 Å². The Morgan fingerprint density at radius 2 is 1.34 bits per heavy atom. The van der Waals surface area contributed by atoms with Crippen molar-refractivity contribution in [3.63, 3.8) is 0 Å². The molecule has 0 fully saturated rings. The van der Waals surface area contributed by atoms with Gasteiger partial charge in [-0.25, -0.2) is 14.4 Å². The van der Waals surface area contributed by atoms with Gasteiger partial charge in [-0.3, -0.25) is 14.8 Å². The van der Waals surface area contributed by atoms with Gasteiger partial charge in [0.05, 0.1) is 6.54 Å². The summed E-state index contributed by atoms with van der Waals surface area (Å²) in [5, 5.41) is 30.2. The summed E-state index contributed by atoms with van der Waals surface area (Å²) < 4.78 is 97.5. The number of nitrogens with zero attached hydrogens (tertiary/aromatic N) is 6. The number of pyridine rings is 1. The van der Waals surface area contributed by atoms with E-state index in [9.17, 15) is 39.5 Å². The fourth-order valence-corrected chi connectivity index (χ4v) is 2.86. The SMILES string of the molecule is CC(C)N(C)Cc1nnc2n1CCN(Cc1cccnc1)CC2.O=C(O)C(F)(F)F.O=C(O)C(F)(F)F.O=C(O)C(F)(F)F. The van der Waals surface area contributed by atoms with E-state index in [1.54, 1.807) is 0 Å². The minimum Gasteiger partial charge on any atom is -0.475 e. The van der Waals surface area contributed by atoms with Crippen LogP contribution in [0.4, 0.5) is 39.5 Å². The van der Waals surface area contributed by atoms with Crippen LogP contribution in [-0.2, 0) is 40.4 Å². The molecule has 3 N–H and O–H groups in total. The lowest BCUT2D eigenvalue weighted by atomic mass is 10.2. The molecule has 44 heavy (non-hydrogen) atoms. The van der Waals surface area contributed by atoms with Crippen molar-refractivity contribution in [3.8, 4) is 0 Å². The van der Waals surface area contributed by atoms with Crippen molar-refractivity contribution in [3.05, 3.63) is 41.7 Å². The van der Waals surface area contributed by atoms with E-state index in [4.69, 9.17) is 29.7 Å². The second-order valence-corrected chi connectivity index (χ2v) is 8.99. The zero-order valence-electron chi connectivity index (χ0n) is 23.3. The quantitative estimate of drug-likeness (QED) is 0.404. The monoisotopic (exact) mass is 656 g/mol. The van der Waals surface area contributed by atoms with Crippen LogP contribution < -0.4 is 0 Å². The smallest absolute Gasteiger partial charge is 0.475 e. The van der Waals surface area contributed by atoms with Gasteiger partial charge in [-0.1, -0.05) is 6.07 Å². The van der Waals surface area contributed by atoms with E-state index in [0.717, 1.165) is 50.8 Å². The molecule has 21 heteroatoms. The molecular weight excluding hydrogens is 627 g/mol. The largest absolute Gasteiger partial charge is 0.490 e. The second-order valence-electron chi connectivity index (χ2n) is 8.99. The molecule has 0 atom stereocenters. The topological polar surface area (TPSA) is 162 Å². The highest BCUT2D eigenvalue weighted by atomic mass is 19.4. The molecule has 1 aliphatic heterocycles. The molecule has 2 aromatic heterocycles. The second kappa shape index (κ2) is 17.3. The summed E-state index contributed by atoms with van der Waals surface area (Å²) in [5.41, 5.74) is 1.27. The summed E-state index contributed by atoms with van der Waals surface area (Å²) in [5.74, 6) is -6.07. The van der Waals surface area contributed by atoms with Gasteiger partial charge in [-0.15, -0.1) is 10.2 Å². The number of aliphatic carboxylic acids is 3. The number of alkyl halides is 9. The Kier molecular flexibility index (Phi) is 15.7. The Morgan fingerprint density at radius 1 is 0.864 bits per heavy atom. The fourth-order valence-electron chi connectivity index (χ4n) is 2.86. The molecule has 2 aromatic rings. The van der Waals surface area contributed by atoms with E-state index in [1.165, 1.54) is 5.56 Å². The number of hydrogen-bond acceptors (Lipinski definition) is 8. The number of rotatable bonds is 5. The van der Waals surface area contributed by atoms with Crippen LogP contribution in [0.15, 0.2) is 24.5 Å². The third-order valence-electron chi connectivity index (χ3n) is 5.32. The number of carboxylic acids is 3. The van der Waals surface area contributed by atoms with Crippen molar-refractivity contribution in [1.82, 2.24) is 29.5 Å². The highest BCUT2D eigenvalue weighted by molar-refractivity contribution is 5.73. The van der Waals surface area contributed by atoms with Crippen LogP contribution in [-0.4, -0.2) is 107 Å². The van der Waals surface area contributed by atoms with Crippen LogP contribution in [0.2, 0.25) is 0 Å². The van der Waals surface area contributed by atoms with Gasteiger partial charge in [-0.05, 0) is 32.5 Å². The normalized spacial score (nSPS) is 13.7. The van der Waals surface area contributed by atoms with E-state index < -0.39 is 36.4 Å². The molecule has 1 aliphatic rings. The number of hydrogen-bond donors (Lipinski definition) is 3. The molecule has 0 saturated heterocycles. The molecule has 0 unspecified atom stereocenters. The summed E-state index contributed by atoms with van der Waals surface area (Å²) in [6.45, 7) is 9.22. The predicted octanol–water partition coefficient (Wildman–Crippen LogP) is 3.47. The molecule has 0 aromatic carbocycles. The van der Waals surface area contributed by atoms with Gasteiger partial charge in [-0.2, -0.15) is 39.5 Å². The summed E-state index contributed by atoms with van der Waals surface area (Å²) in [4.78, 5) is 35.7. The first-order chi connectivity index (χ1) is 20.0. The van der Waals surface area contributed by atoms with Gasteiger partial charge in [0.2, 0.25) is 0 Å². The van der Waals surface area contributed by atoms with Crippen molar-refractivity contribution in [2.75, 3.05) is 20.1 Å². The number of fused-ring (bicyclic) bond motifs is 1. The summed E-state index contributed by atoms with van der Waals surface area (Å²) >= 11 is 0. The molecule has 0 spiro atoms. The van der Waals surface area contributed by atoms with E-state index in [2.05, 4.69) is 56.5 Å². The Hall–Kier alpha value is -4.01. The minimum absolute atomic E-state index is 0.510. The number of halogens is 9. The first kappa shape index (κ1) is 40.0. The van der Waals surface area contributed by atoms with Gasteiger partial charge in [0.1, 0.15) is 11.6 Å². The van der Waals surface area contributed by atoms with Crippen molar-refractivity contribution in [1.29, 1.82) is 0 Å². The summed E-state index contributed by atoms with van der Waals surface area (Å²) in [7, 11) is 2.14. The first-order valence-corrected chi connectivity index (χ1v) is 12.1. The van der Waals surface area contributed by atoms with Crippen LogP contribution in [0.5, 0.6) is 0 Å². The maximum atomic E-state index is 10.6. The van der Waals surface area contributed by atoms with Crippen LogP contribution in [0, 0.1) is 0 Å². The van der Waals surface area contributed by atoms with E-state index in [1.807, 2.05) is 18.5 Å². The van der Waals surface area contributed by atoms with Crippen molar-refractivity contribution in [2.24, 2.45) is 0 Å². The van der Waals surface area contributed by atoms with Gasteiger partial charge >= 0.3 is 36.4 Å². The van der Waals surface area contributed by atoms with Crippen molar-refractivity contribution in [2.45, 2.75) is 64.5 Å². The maximum absolute atomic E-state index is 10.6. The molecule has 0 bridgehead atoms. The molecule has 3 heterocycles. The molecule has 0 saturated carbocycles. The molecule has 250 valence electrons. The third kappa shape index (κ3) is 16.0. The van der Waals surface area contributed by atoms with Gasteiger partial charge in [0.25, 0.3) is 0 Å². The maximum Gasteiger partial charge on any atom is 0.490 e. The lowest BCUT2D eigenvalue weighted by Gasteiger charge is -2.21. The Balaban J connectivity index is 0.000000721. The predicted molar refractivity (Wildman–Crippen MR) is 131 cm³/mol. The standard InChI is InChI=1S/C17H26N6.3C2HF3O2/c1-14(2)21(3)13-17-20-19-16-6-8-22(9-10-23(16)17)12-15-5-4-7-18-11-15;3*3-2(4,5)1(6)7/h4-5,7,11,14H,6,8-10,12-13H2,1-3H3;3*(H,6,7). The summed E-state index contributed by atoms with van der Waals surface area (Å²) in [6, 6.07) is 4.65. The highest BCUT2D eigenvalue weighted by Gasteiger charge is 2.39. The van der Waals surface area contributed by atoms with Gasteiger partial charge in [0, 0.05) is 51.0 Å². The zero-order chi connectivity index (χ0) is 34.5. The number of aromatic nitrogens is 4. The first-order valence-electron chi connectivity index (χ1n) is 12.1. The lowest BCUT2D eigenvalue weighted by molar-refractivity contribution is -0.193. The fraction of sp³-hybridized carbons (Fsp3) is 0.565. The van der Waals surface area contributed by atoms with E-state index in [0.29, 0.717) is 6.04 Å². The lowest BCUT2D eigenvalue weighted by Crippen LogP contribution is -2.29. The minimum atomic E-state index is -5.08. The van der Waals surface area contributed by atoms with Crippen LogP contribution in [0.1, 0.15) is 31.1 Å². The molecule has 0 amide bonds. The molecule has 0 radical (unpaired) electrons. The number of carboxylic acid groups (broad SMARTS) is 3. The average Bonchev–Trinajstić information content (AvgIpc) is 3.14. The van der Waals surface area contributed by atoms with Gasteiger partial charge in [0.15, 0.2) is 0 Å². The summed E-state index contributed by atoms with van der Waals surface area (Å²) in [6.07, 6.45) is -10.5. The Labute approximate surface area is 243 Å². The highest BCUT2D eigenvalue weighted by Crippen LogP contribution is 2.15. The average molecular weight is 657 g/mol. The van der Waals surface area contributed by atoms with Crippen LogP contribution >= 0.6 is 0 Å².